The van der Waals surface area contributed by atoms with Gasteiger partial charge in [-0.15, -0.1) is 0 Å². The molecule has 0 aliphatic rings. The van der Waals surface area contributed by atoms with Crippen LogP contribution in [-0.4, -0.2) is 4.92 Å². The summed E-state index contributed by atoms with van der Waals surface area (Å²) in [6.07, 6.45) is 0. The molecule has 110 valence electrons. The lowest BCUT2D eigenvalue weighted by molar-refractivity contribution is -0.385. The standard InChI is InChI=1S/C15H15BrN2O3/c1-9-13(18(19)20)4-3-5-14(9)21-15-7-6-11(10(2)17)8-12(15)16/h3-8,10H,17H2,1-2H3/t10-/m0/s1. The Morgan fingerprint density at radius 3 is 2.57 bits per heavy atom. The number of ether oxygens (including phenoxy) is 1. The molecule has 2 N–H and O–H groups in total. The predicted molar refractivity (Wildman–Crippen MR) is 84.7 cm³/mol. The number of nitrogens with zero attached hydrogens (tertiary/aromatic N) is 1. The second kappa shape index (κ2) is 6.24. The Morgan fingerprint density at radius 1 is 1.29 bits per heavy atom. The highest BCUT2D eigenvalue weighted by atomic mass is 79.9. The summed E-state index contributed by atoms with van der Waals surface area (Å²) in [5.41, 5.74) is 7.33. The maximum Gasteiger partial charge on any atom is 0.276 e. The Morgan fingerprint density at radius 2 is 2.00 bits per heavy atom. The second-order valence-corrected chi connectivity index (χ2v) is 5.59. The van der Waals surface area contributed by atoms with Crippen molar-refractivity contribution in [3.63, 3.8) is 0 Å². The molecule has 0 saturated heterocycles. The number of rotatable bonds is 4. The lowest BCUT2D eigenvalue weighted by Gasteiger charge is -2.12. The first-order chi connectivity index (χ1) is 9.90. The van der Waals surface area contributed by atoms with Crippen LogP contribution in [0.1, 0.15) is 24.1 Å². The third kappa shape index (κ3) is 3.40. The van der Waals surface area contributed by atoms with Crippen LogP contribution in [0, 0.1) is 17.0 Å². The summed E-state index contributed by atoms with van der Waals surface area (Å²) in [5.74, 6) is 1.04. The highest BCUT2D eigenvalue weighted by molar-refractivity contribution is 9.10. The molecule has 5 nitrogen and oxygen atoms in total. The molecule has 0 aromatic heterocycles. The van der Waals surface area contributed by atoms with Crippen LogP contribution < -0.4 is 10.5 Å². The van der Waals surface area contributed by atoms with Crippen LogP contribution in [0.25, 0.3) is 0 Å². The Balaban J connectivity index is 2.35. The summed E-state index contributed by atoms with van der Waals surface area (Å²) >= 11 is 3.43. The predicted octanol–water partition coefficient (Wildman–Crippen LogP) is 4.48. The number of nitro benzene ring substituents is 1. The molecule has 0 aliphatic heterocycles. The first-order valence-electron chi connectivity index (χ1n) is 6.37. The Kier molecular flexibility index (Phi) is 4.59. The van der Waals surface area contributed by atoms with E-state index in [9.17, 15) is 10.1 Å². The molecule has 2 aromatic rings. The summed E-state index contributed by atoms with van der Waals surface area (Å²) in [6.45, 7) is 3.56. The second-order valence-electron chi connectivity index (χ2n) is 4.74. The van der Waals surface area contributed by atoms with Crippen LogP contribution in [0.5, 0.6) is 11.5 Å². The minimum Gasteiger partial charge on any atom is -0.456 e. The van der Waals surface area contributed by atoms with E-state index in [4.69, 9.17) is 10.5 Å². The van der Waals surface area contributed by atoms with E-state index >= 15 is 0 Å². The fraction of sp³-hybridized carbons (Fsp3) is 0.200. The van der Waals surface area contributed by atoms with Gasteiger partial charge in [0.25, 0.3) is 5.69 Å². The SMILES string of the molecule is Cc1c(Oc2ccc([C@H](C)N)cc2Br)cccc1[N+](=O)[O-]. The van der Waals surface area contributed by atoms with Crippen LogP contribution >= 0.6 is 15.9 Å². The molecule has 0 aliphatic carbocycles. The Hall–Kier alpha value is -1.92. The molecule has 0 amide bonds. The highest BCUT2D eigenvalue weighted by Gasteiger charge is 2.15. The number of nitro groups is 1. The normalized spacial score (nSPS) is 12.0. The van der Waals surface area contributed by atoms with Gasteiger partial charge in [-0.1, -0.05) is 12.1 Å². The van der Waals surface area contributed by atoms with E-state index in [0.29, 0.717) is 17.1 Å². The number of hydrogen-bond acceptors (Lipinski definition) is 4. The zero-order valence-corrected chi connectivity index (χ0v) is 13.3. The largest absolute Gasteiger partial charge is 0.456 e. The van der Waals surface area contributed by atoms with Gasteiger partial charge in [0.15, 0.2) is 0 Å². The molecule has 0 heterocycles. The van der Waals surface area contributed by atoms with E-state index in [1.54, 1.807) is 25.1 Å². The van der Waals surface area contributed by atoms with Crippen LogP contribution in [-0.2, 0) is 0 Å². The van der Waals surface area contributed by atoms with Crippen molar-refractivity contribution in [2.75, 3.05) is 0 Å². The van der Waals surface area contributed by atoms with Gasteiger partial charge in [-0.2, -0.15) is 0 Å². The molecule has 1 atom stereocenters. The Labute approximate surface area is 131 Å². The average molecular weight is 351 g/mol. The first kappa shape index (κ1) is 15.5. The molecular formula is C15H15BrN2O3. The van der Waals surface area contributed by atoms with Gasteiger partial charge in [0.2, 0.25) is 0 Å². The van der Waals surface area contributed by atoms with Gasteiger partial charge < -0.3 is 10.5 Å². The molecule has 6 heteroatoms. The van der Waals surface area contributed by atoms with Crippen LogP contribution in [0.4, 0.5) is 5.69 Å². The molecule has 0 bridgehead atoms. The molecule has 0 radical (unpaired) electrons. The molecule has 0 spiro atoms. The smallest absolute Gasteiger partial charge is 0.276 e. The molecule has 0 unspecified atom stereocenters. The zero-order valence-electron chi connectivity index (χ0n) is 11.7. The third-order valence-corrected chi connectivity index (χ3v) is 3.77. The molecule has 0 fully saturated rings. The quantitative estimate of drug-likeness (QED) is 0.651. The number of halogens is 1. The zero-order chi connectivity index (χ0) is 15.6. The lowest BCUT2D eigenvalue weighted by atomic mass is 10.1. The van der Waals surface area contributed by atoms with Crippen molar-refractivity contribution >= 4 is 21.6 Å². The maximum absolute atomic E-state index is 10.9. The monoisotopic (exact) mass is 350 g/mol. The van der Waals surface area contributed by atoms with Gasteiger partial charge in [-0.25, -0.2) is 0 Å². The molecular weight excluding hydrogens is 336 g/mol. The lowest BCUT2D eigenvalue weighted by Crippen LogP contribution is -2.04. The van der Waals surface area contributed by atoms with Gasteiger partial charge in [-0.3, -0.25) is 10.1 Å². The van der Waals surface area contributed by atoms with Crippen LogP contribution in [0.3, 0.4) is 0 Å². The van der Waals surface area contributed by atoms with E-state index in [-0.39, 0.29) is 11.7 Å². The van der Waals surface area contributed by atoms with Gasteiger partial charge in [-0.05, 0) is 53.5 Å². The maximum atomic E-state index is 10.9. The van der Waals surface area contributed by atoms with Crippen molar-refractivity contribution in [2.45, 2.75) is 19.9 Å². The fourth-order valence-electron chi connectivity index (χ4n) is 1.91. The molecule has 2 aromatic carbocycles. The van der Waals surface area contributed by atoms with Gasteiger partial charge in [0, 0.05) is 12.1 Å². The topological polar surface area (TPSA) is 78.4 Å². The minimum atomic E-state index is -0.420. The van der Waals surface area contributed by atoms with E-state index in [1.165, 1.54) is 6.07 Å². The summed E-state index contributed by atoms with van der Waals surface area (Å²) in [4.78, 5) is 10.5. The van der Waals surface area contributed by atoms with Crippen molar-refractivity contribution < 1.29 is 9.66 Å². The van der Waals surface area contributed by atoms with Gasteiger partial charge >= 0.3 is 0 Å². The van der Waals surface area contributed by atoms with Gasteiger partial charge in [0.1, 0.15) is 11.5 Å². The highest BCUT2D eigenvalue weighted by Crippen LogP contribution is 2.35. The van der Waals surface area contributed by atoms with Crippen molar-refractivity contribution in [1.29, 1.82) is 0 Å². The molecule has 21 heavy (non-hydrogen) atoms. The first-order valence-corrected chi connectivity index (χ1v) is 7.16. The van der Waals surface area contributed by atoms with Crippen molar-refractivity contribution in [3.8, 4) is 11.5 Å². The van der Waals surface area contributed by atoms with E-state index in [0.717, 1.165) is 10.0 Å². The summed E-state index contributed by atoms with van der Waals surface area (Å²) < 4.78 is 6.53. The van der Waals surface area contributed by atoms with E-state index in [2.05, 4.69) is 15.9 Å². The van der Waals surface area contributed by atoms with Crippen molar-refractivity contribution in [1.82, 2.24) is 0 Å². The Bertz CT molecular complexity index is 687. The molecule has 2 rings (SSSR count). The fourth-order valence-corrected chi connectivity index (χ4v) is 2.39. The average Bonchev–Trinajstić information content (AvgIpc) is 2.42. The minimum absolute atomic E-state index is 0.0378. The number of hydrogen-bond donors (Lipinski definition) is 1. The number of benzene rings is 2. The summed E-state index contributed by atoms with van der Waals surface area (Å²) in [7, 11) is 0. The summed E-state index contributed by atoms with van der Waals surface area (Å²) in [6, 6.07) is 10.2. The van der Waals surface area contributed by atoms with Crippen LogP contribution in [0.2, 0.25) is 0 Å². The number of nitrogens with two attached hydrogens (primary N) is 1. The summed E-state index contributed by atoms with van der Waals surface area (Å²) in [5, 5.41) is 10.9. The van der Waals surface area contributed by atoms with Crippen molar-refractivity contribution in [3.05, 3.63) is 62.1 Å². The van der Waals surface area contributed by atoms with Gasteiger partial charge in [0.05, 0.1) is 15.0 Å². The van der Waals surface area contributed by atoms with Crippen LogP contribution in [0.15, 0.2) is 40.9 Å². The molecule has 0 saturated carbocycles. The third-order valence-electron chi connectivity index (χ3n) is 3.15. The van der Waals surface area contributed by atoms with Crippen molar-refractivity contribution in [2.24, 2.45) is 5.73 Å². The van der Waals surface area contributed by atoms with E-state index < -0.39 is 4.92 Å². The van der Waals surface area contributed by atoms with E-state index in [1.807, 2.05) is 19.1 Å².